The topological polar surface area (TPSA) is 83.3 Å². The number of carbonyl (C=O) groups excluding carboxylic acids is 1. The number of carbonyl (C=O) groups is 1. The molecule has 0 saturated carbocycles. The van der Waals surface area contributed by atoms with Crippen molar-refractivity contribution in [3.05, 3.63) is 89.7 Å². The van der Waals surface area contributed by atoms with E-state index in [1.54, 1.807) is 18.3 Å². The quantitative estimate of drug-likeness (QED) is 0.171. The van der Waals surface area contributed by atoms with E-state index in [0.717, 1.165) is 18.1 Å². The van der Waals surface area contributed by atoms with Gasteiger partial charge in [0.15, 0.2) is 5.96 Å². The van der Waals surface area contributed by atoms with Gasteiger partial charge in [-0.2, -0.15) is 5.10 Å². The van der Waals surface area contributed by atoms with Crippen LogP contribution < -0.4 is 16.0 Å². The average Bonchev–Trinajstić information content (AvgIpc) is 3.29. The number of nitrogens with one attached hydrogen (secondary N) is 3. The van der Waals surface area contributed by atoms with E-state index in [2.05, 4.69) is 33.2 Å². The zero-order valence-corrected chi connectivity index (χ0v) is 20.0. The van der Waals surface area contributed by atoms with Gasteiger partial charge in [-0.3, -0.25) is 9.48 Å². The van der Waals surface area contributed by atoms with Gasteiger partial charge in [-0.05, 0) is 36.2 Å². The molecule has 0 radical (unpaired) electrons. The second-order valence-corrected chi connectivity index (χ2v) is 6.72. The number of amides is 1. The molecule has 3 rings (SSSR count). The first kappa shape index (κ1) is 24.4. The summed E-state index contributed by atoms with van der Waals surface area (Å²) in [6, 6.07) is 19.4. The van der Waals surface area contributed by atoms with E-state index in [0.29, 0.717) is 31.7 Å². The first-order valence-corrected chi connectivity index (χ1v) is 10.2. The number of aliphatic imine (C=N–C) groups is 1. The third-order valence-corrected chi connectivity index (χ3v) is 4.50. The van der Waals surface area contributed by atoms with E-state index in [9.17, 15) is 4.79 Å². The molecule has 3 aromatic rings. The highest BCUT2D eigenvalue weighted by molar-refractivity contribution is 14.0. The van der Waals surface area contributed by atoms with Crippen LogP contribution in [-0.2, 0) is 13.1 Å². The van der Waals surface area contributed by atoms with Crippen LogP contribution in [0, 0.1) is 0 Å². The number of rotatable bonds is 9. The maximum absolute atomic E-state index is 12.1. The summed E-state index contributed by atoms with van der Waals surface area (Å²) in [6.07, 6.45) is 3.74. The molecule has 164 valence electrons. The average molecular weight is 532 g/mol. The van der Waals surface area contributed by atoms with E-state index in [-0.39, 0.29) is 29.9 Å². The molecule has 8 heteroatoms. The standard InChI is InChI=1S/C23H28N6O.HI/c1-2-24-23(26-15-14-25-22(30)19-9-4-3-5-10-19)27-17-20-11-6-7-12-21(20)18-29-16-8-13-28-29;/h3-13,16H,2,14-15,17-18H2,1H3,(H,25,30)(H2,24,26,27);1H. The van der Waals surface area contributed by atoms with Crippen LogP contribution in [-0.4, -0.2) is 41.3 Å². The van der Waals surface area contributed by atoms with Crippen molar-refractivity contribution >= 4 is 35.8 Å². The second-order valence-electron chi connectivity index (χ2n) is 6.72. The maximum Gasteiger partial charge on any atom is 0.251 e. The van der Waals surface area contributed by atoms with Crippen molar-refractivity contribution in [3.8, 4) is 0 Å². The fourth-order valence-corrected chi connectivity index (χ4v) is 2.99. The molecule has 0 aliphatic rings. The van der Waals surface area contributed by atoms with Crippen LogP contribution in [0.25, 0.3) is 0 Å². The monoisotopic (exact) mass is 532 g/mol. The molecule has 2 aromatic carbocycles. The normalized spacial score (nSPS) is 10.8. The van der Waals surface area contributed by atoms with Gasteiger partial charge in [-0.15, -0.1) is 24.0 Å². The lowest BCUT2D eigenvalue weighted by molar-refractivity contribution is 0.0954. The minimum atomic E-state index is -0.0770. The maximum atomic E-state index is 12.1. The number of nitrogens with zero attached hydrogens (tertiary/aromatic N) is 3. The minimum Gasteiger partial charge on any atom is -0.357 e. The van der Waals surface area contributed by atoms with Gasteiger partial charge in [0.1, 0.15) is 0 Å². The molecule has 31 heavy (non-hydrogen) atoms. The van der Waals surface area contributed by atoms with Crippen LogP contribution in [0.3, 0.4) is 0 Å². The van der Waals surface area contributed by atoms with Crippen LogP contribution in [0.1, 0.15) is 28.4 Å². The molecule has 3 N–H and O–H groups in total. The fourth-order valence-electron chi connectivity index (χ4n) is 2.99. The summed E-state index contributed by atoms with van der Waals surface area (Å²) in [5.41, 5.74) is 3.00. The fraction of sp³-hybridized carbons (Fsp3) is 0.261. The molecular weight excluding hydrogens is 503 g/mol. The molecule has 0 saturated heterocycles. The highest BCUT2D eigenvalue weighted by Crippen LogP contribution is 2.11. The molecule has 1 aromatic heterocycles. The van der Waals surface area contributed by atoms with Gasteiger partial charge >= 0.3 is 0 Å². The summed E-state index contributed by atoms with van der Waals surface area (Å²) in [5, 5.41) is 13.7. The van der Waals surface area contributed by atoms with Gasteiger partial charge < -0.3 is 16.0 Å². The third-order valence-electron chi connectivity index (χ3n) is 4.50. The lowest BCUT2D eigenvalue weighted by Gasteiger charge is -2.13. The van der Waals surface area contributed by atoms with Crippen LogP contribution in [0.2, 0.25) is 0 Å². The summed E-state index contributed by atoms with van der Waals surface area (Å²) in [5.74, 6) is 0.646. The SMILES string of the molecule is CCNC(=NCc1ccccc1Cn1cccn1)NCCNC(=O)c1ccccc1.I. The van der Waals surface area contributed by atoms with Gasteiger partial charge in [0, 0.05) is 37.6 Å². The van der Waals surface area contributed by atoms with E-state index in [1.165, 1.54) is 5.56 Å². The Morgan fingerprint density at radius 2 is 1.65 bits per heavy atom. The first-order chi connectivity index (χ1) is 14.8. The summed E-state index contributed by atoms with van der Waals surface area (Å²) in [4.78, 5) is 16.8. The van der Waals surface area contributed by atoms with Crippen LogP contribution >= 0.6 is 24.0 Å². The Morgan fingerprint density at radius 1 is 0.935 bits per heavy atom. The van der Waals surface area contributed by atoms with Gasteiger partial charge in [0.05, 0.1) is 13.1 Å². The molecule has 1 heterocycles. The van der Waals surface area contributed by atoms with Crippen LogP contribution in [0.5, 0.6) is 0 Å². The van der Waals surface area contributed by atoms with E-state index >= 15 is 0 Å². The van der Waals surface area contributed by atoms with E-state index in [4.69, 9.17) is 4.99 Å². The number of halogens is 1. The van der Waals surface area contributed by atoms with Crippen molar-refractivity contribution in [1.29, 1.82) is 0 Å². The lowest BCUT2D eigenvalue weighted by Crippen LogP contribution is -2.41. The van der Waals surface area contributed by atoms with Crippen molar-refractivity contribution in [1.82, 2.24) is 25.7 Å². The number of aromatic nitrogens is 2. The van der Waals surface area contributed by atoms with E-state index < -0.39 is 0 Å². The Kier molecular flexibility index (Phi) is 10.6. The molecule has 1 amide bonds. The minimum absolute atomic E-state index is 0. The Balaban J connectivity index is 0.00000341. The van der Waals surface area contributed by atoms with Gasteiger partial charge in [-0.25, -0.2) is 4.99 Å². The molecule has 0 aliphatic carbocycles. The predicted molar refractivity (Wildman–Crippen MR) is 135 cm³/mol. The van der Waals surface area contributed by atoms with Crippen LogP contribution in [0.4, 0.5) is 0 Å². The third kappa shape index (κ3) is 8.05. The molecule has 0 spiro atoms. The van der Waals surface area contributed by atoms with Gasteiger partial charge in [-0.1, -0.05) is 42.5 Å². The highest BCUT2D eigenvalue weighted by atomic mass is 127. The summed E-state index contributed by atoms with van der Waals surface area (Å²) in [7, 11) is 0. The van der Waals surface area contributed by atoms with Gasteiger partial charge in [0.2, 0.25) is 0 Å². The largest absolute Gasteiger partial charge is 0.357 e. The first-order valence-electron chi connectivity index (χ1n) is 10.2. The summed E-state index contributed by atoms with van der Waals surface area (Å²) < 4.78 is 1.90. The summed E-state index contributed by atoms with van der Waals surface area (Å²) in [6.45, 7) is 5.15. The number of hydrogen-bond donors (Lipinski definition) is 3. The molecule has 7 nitrogen and oxygen atoms in total. The predicted octanol–water partition coefficient (Wildman–Crippen LogP) is 3.03. The Bertz CT molecular complexity index is 944. The highest BCUT2D eigenvalue weighted by Gasteiger charge is 2.05. The smallest absolute Gasteiger partial charge is 0.251 e. The van der Waals surface area contributed by atoms with Crippen molar-refractivity contribution in [3.63, 3.8) is 0 Å². The molecule has 0 aliphatic heterocycles. The Labute approximate surface area is 200 Å². The Morgan fingerprint density at radius 3 is 2.35 bits per heavy atom. The molecule has 0 unspecified atom stereocenters. The van der Waals surface area contributed by atoms with Crippen molar-refractivity contribution in [2.75, 3.05) is 19.6 Å². The molecule has 0 atom stereocenters. The van der Waals surface area contributed by atoms with Crippen LogP contribution in [0.15, 0.2) is 78.0 Å². The molecule has 0 fully saturated rings. The molecule has 0 bridgehead atoms. The van der Waals surface area contributed by atoms with Crippen molar-refractivity contribution in [2.24, 2.45) is 4.99 Å². The zero-order valence-electron chi connectivity index (χ0n) is 17.6. The van der Waals surface area contributed by atoms with Crippen molar-refractivity contribution < 1.29 is 4.79 Å². The lowest BCUT2D eigenvalue weighted by atomic mass is 10.1. The Hall–Kier alpha value is -2.88. The second kappa shape index (κ2) is 13.4. The van der Waals surface area contributed by atoms with Crippen molar-refractivity contribution in [2.45, 2.75) is 20.0 Å². The number of benzene rings is 2. The number of hydrogen-bond acceptors (Lipinski definition) is 3. The summed E-state index contributed by atoms with van der Waals surface area (Å²) >= 11 is 0. The number of guanidine groups is 1. The zero-order chi connectivity index (χ0) is 21.0. The van der Waals surface area contributed by atoms with Gasteiger partial charge in [0.25, 0.3) is 5.91 Å². The molecular formula is C23H29IN6O. The van der Waals surface area contributed by atoms with E-state index in [1.807, 2.05) is 54.2 Å².